The maximum atomic E-state index is 12.4. The average Bonchev–Trinajstić information content (AvgIpc) is 2.58. The number of carbonyl (C=O) groups excluding carboxylic acids is 1. The molecule has 0 aliphatic carbocycles. The average molecular weight is 326 g/mol. The lowest BCUT2D eigenvalue weighted by molar-refractivity contribution is -0.126. The second-order valence-corrected chi connectivity index (χ2v) is 5.35. The summed E-state index contributed by atoms with van der Waals surface area (Å²) in [6.45, 7) is 0.814. The number of halogens is 1. The first kappa shape index (κ1) is 16.7. The van der Waals surface area contributed by atoms with Crippen molar-refractivity contribution in [2.45, 2.75) is 13.0 Å². The molecule has 23 heavy (non-hydrogen) atoms. The summed E-state index contributed by atoms with van der Waals surface area (Å²) in [6, 6.07) is 13.0. The van der Waals surface area contributed by atoms with E-state index >= 15 is 0 Å². The molecule has 0 fully saturated rings. The van der Waals surface area contributed by atoms with Gasteiger partial charge in [0.15, 0.2) is 0 Å². The molecule has 0 saturated heterocycles. The van der Waals surface area contributed by atoms with Gasteiger partial charge in [0.25, 0.3) is 0 Å². The van der Waals surface area contributed by atoms with Gasteiger partial charge in [-0.25, -0.2) is 0 Å². The summed E-state index contributed by atoms with van der Waals surface area (Å²) in [5.41, 5.74) is 1.82. The molecule has 0 atom stereocenters. The molecule has 116 valence electrons. The molecule has 0 aliphatic heterocycles. The Balaban J connectivity index is 2.06. The lowest BCUT2D eigenvalue weighted by atomic mass is 10.2. The fraction of sp³-hybridized carbons (Fsp3) is 0.167. The van der Waals surface area contributed by atoms with Crippen molar-refractivity contribution >= 4 is 23.6 Å². The molecule has 0 saturated carbocycles. The second kappa shape index (κ2) is 8.72. The number of pyridine rings is 1. The van der Waals surface area contributed by atoms with E-state index in [4.69, 9.17) is 16.9 Å². The quantitative estimate of drug-likeness (QED) is 0.761. The van der Waals surface area contributed by atoms with E-state index < -0.39 is 0 Å². The van der Waals surface area contributed by atoms with E-state index in [0.717, 1.165) is 11.1 Å². The van der Waals surface area contributed by atoms with Crippen molar-refractivity contribution in [1.82, 2.24) is 9.88 Å². The van der Waals surface area contributed by atoms with Crippen LogP contribution in [0.1, 0.15) is 17.5 Å². The molecule has 1 aromatic heterocycles. The highest BCUT2D eigenvalue weighted by molar-refractivity contribution is 6.30. The topological polar surface area (TPSA) is 57.0 Å². The molecule has 0 aliphatic rings. The SMILES string of the molecule is N#CCCN(Cc1cccnc1)C(=O)/C=C/c1ccc(Cl)cc1. The van der Waals surface area contributed by atoms with Gasteiger partial charge in [0.2, 0.25) is 5.91 Å². The Morgan fingerprint density at radius 1 is 1.30 bits per heavy atom. The third-order valence-electron chi connectivity index (χ3n) is 3.19. The number of benzene rings is 1. The zero-order valence-corrected chi connectivity index (χ0v) is 13.3. The summed E-state index contributed by atoms with van der Waals surface area (Å²) in [5, 5.41) is 9.42. The van der Waals surface area contributed by atoms with E-state index in [2.05, 4.69) is 11.1 Å². The van der Waals surface area contributed by atoms with Gasteiger partial charge in [-0.3, -0.25) is 9.78 Å². The summed E-state index contributed by atoms with van der Waals surface area (Å²) in [7, 11) is 0. The molecule has 2 aromatic rings. The van der Waals surface area contributed by atoms with Crippen LogP contribution < -0.4 is 0 Å². The molecule has 0 spiro atoms. The van der Waals surface area contributed by atoms with Crippen molar-refractivity contribution in [3.8, 4) is 6.07 Å². The van der Waals surface area contributed by atoms with Crippen LogP contribution in [0.5, 0.6) is 0 Å². The number of hydrogen-bond donors (Lipinski definition) is 0. The highest BCUT2D eigenvalue weighted by Crippen LogP contribution is 2.11. The number of nitriles is 1. The van der Waals surface area contributed by atoms with E-state index in [1.807, 2.05) is 24.3 Å². The van der Waals surface area contributed by atoms with Gasteiger partial charge in [0.1, 0.15) is 0 Å². The molecule has 2 rings (SSSR count). The van der Waals surface area contributed by atoms with Crippen molar-refractivity contribution in [1.29, 1.82) is 5.26 Å². The third-order valence-corrected chi connectivity index (χ3v) is 3.44. The summed E-state index contributed by atoms with van der Waals surface area (Å²) in [4.78, 5) is 18.1. The maximum Gasteiger partial charge on any atom is 0.246 e. The van der Waals surface area contributed by atoms with Crippen molar-refractivity contribution < 1.29 is 4.79 Å². The highest BCUT2D eigenvalue weighted by atomic mass is 35.5. The van der Waals surface area contributed by atoms with Crippen LogP contribution in [-0.4, -0.2) is 22.3 Å². The van der Waals surface area contributed by atoms with Crippen LogP contribution in [0.2, 0.25) is 5.02 Å². The number of hydrogen-bond acceptors (Lipinski definition) is 3. The van der Waals surface area contributed by atoms with Gasteiger partial charge in [0, 0.05) is 36.6 Å². The summed E-state index contributed by atoms with van der Waals surface area (Å²) in [5.74, 6) is -0.140. The van der Waals surface area contributed by atoms with Gasteiger partial charge < -0.3 is 4.90 Å². The first-order chi connectivity index (χ1) is 11.2. The number of carbonyl (C=O) groups is 1. The van der Waals surface area contributed by atoms with Gasteiger partial charge in [-0.2, -0.15) is 5.26 Å². The number of aromatic nitrogens is 1. The molecule has 1 amide bonds. The fourth-order valence-electron chi connectivity index (χ4n) is 2.01. The normalized spacial score (nSPS) is 10.4. The maximum absolute atomic E-state index is 12.4. The molecule has 5 heteroatoms. The van der Waals surface area contributed by atoms with E-state index in [1.165, 1.54) is 6.08 Å². The van der Waals surface area contributed by atoms with Gasteiger partial charge in [-0.15, -0.1) is 0 Å². The van der Waals surface area contributed by atoms with Gasteiger partial charge >= 0.3 is 0 Å². The van der Waals surface area contributed by atoms with E-state index in [-0.39, 0.29) is 5.91 Å². The van der Waals surface area contributed by atoms with E-state index in [1.54, 1.807) is 35.5 Å². The Hall–Kier alpha value is -2.64. The standard InChI is InChI=1S/C18H16ClN3O/c19-17-7-4-15(5-8-17)6-9-18(23)22(12-2-10-20)14-16-3-1-11-21-13-16/h1,3-9,11,13H,2,12,14H2/b9-6+. The van der Waals surface area contributed by atoms with Crippen LogP contribution >= 0.6 is 11.6 Å². The highest BCUT2D eigenvalue weighted by Gasteiger charge is 2.11. The predicted molar refractivity (Wildman–Crippen MR) is 90.4 cm³/mol. The molecule has 0 unspecified atom stereocenters. The summed E-state index contributed by atoms with van der Waals surface area (Å²) < 4.78 is 0. The number of rotatable bonds is 6. The van der Waals surface area contributed by atoms with Crippen LogP contribution in [0.15, 0.2) is 54.9 Å². The van der Waals surface area contributed by atoms with E-state index in [9.17, 15) is 4.79 Å². The van der Waals surface area contributed by atoms with Crippen LogP contribution in [0, 0.1) is 11.3 Å². The molecule has 0 radical (unpaired) electrons. The van der Waals surface area contributed by atoms with Crippen molar-refractivity contribution in [3.63, 3.8) is 0 Å². The first-order valence-electron chi connectivity index (χ1n) is 7.17. The lowest BCUT2D eigenvalue weighted by Gasteiger charge is -2.19. The van der Waals surface area contributed by atoms with E-state index in [0.29, 0.717) is 24.5 Å². The number of amides is 1. The molecule has 0 bridgehead atoms. The summed E-state index contributed by atoms with van der Waals surface area (Å²) >= 11 is 5.84. The van der Waals surface area contributed by atoms with Gasteiger partial charge in [0.05, 0.1) is 12.5 Å². The molecule has 0 N–H and O–H groups in total. The smallest absolute Gasteiger partial charge is 0.246 e. The van der Waals surface area contributed by atoms with Crippen LogP contribution in [0.4, 0.5) is 0 Å². The second-order valence-electron chi connectivity index (χ2n) is 4.91. The van der Waals surface area contributed by atoms with Crippen molar-refractivity contribution in [2.24, 2.45) is 0 Å². The Morgan fingerprint density at radius 2 is 2.09 bits per heavy atom. The molecule has 1 heterocycles. The Bertz CT molecular complexity index is 705. The molecular weight excluding hydrogens is 310 g/mol. The molecule has 1 aromatic carbocycles. The molecular formula is C18H16ClN3O. The van der Waals surface area contributed by atoms with Crippen LogP contribution in [-0.2, 0) is 11.3 Å². The minimum absolute atomic E-state index is 0.140. The third kappa shape index (κ3) is 5.57. The Morgan fingerprint density at radius 3 is 2.74 bits per heavy atom. The fourth-order valence-corrected chi connectivity index (χ4v) is 2.14. The van der Waals surface area contributed by atoms with Crippen LogP contribution in [0.25, 0.3) is 6.08 Å². The minimum atomic E-state index is -0.140. The van der Waals surface area contributed by atoms with Crippen LogP contribution in [0.3, 0.4) is 0 Å². The zero-order valence-electron chi connectivity index (χ0n) is 12.5. The monoisotopic (exact) mass is 325 g/mol. The van der Waals surface area contributed by atoms with Crippen molar-refractivity contribution in [2.75, 3.05) is 6.54 Å². The lowest BCUT2D eigenvalue weighted by Crippen LogP contribution is -2.29. The van der Waals surface area contributed by atoms with Gasteiger partial charge in [-0.05, 0) is 35.4 Å². The minimum Gasteiger partial charge on any atom is -0.334 e. The first-order valence-corrected chi connectivity index (χ1v) is 7.55. The van der Waals surface area contributed by atoms with Crippen molar-refractivity contribution in [3.05, 3.63) is 71.0 Å². The Labute approximate surface area is 140 Å². The molecule has 4 nitrogen and oxygen atoms in total. The zero-order chi connectivity index (χ0) is 16.5. The predicted octanol–water partition coefficient (Wildman–Crippen LogP) is 3.69. The van der Waals surface area contributed by atoms with Gasteiger partial charge in [-0.1, -0.05) is 29.8 Å². The largest absolute Gasteiger partial charge is 0.334 e. The summed E-state index contributed by atoms with van der Waals surface area (Å²) in [6.07, 6.45) is 6.94. The Kier molecular flexibility index (Phi) is 6.34. The number of nitrogens with zero attached hydrogens (tertiary/aromatic N) is 3.